The van der Waals surface area contributed by atoms with Gasteiger partial charge in [-0.25, -0.2) is 0 Å². The van der Waals surface area contributed by atoms with E-state index in [1.165, 1.54) is 0 Å². The molecule has 5 heteroatoms. The van der Waals surface area contributed by atoms with Gasteiger partial charge in [0.25, 0.3) is 5.91 Å². The summed E-state index contributed by atoms with van der Waals surface area (Å²) in [4.78, 5) is 12.0. The number of nitrogens with two attached hydrogens (primary N) is 1. The van der Waals surface area contributed by atoms with E-state index in [1.807, 2.05) is 31.2 Å². The topological polar surface area (TPSA) is 64.4 Å². The van der Waals surface area contributed by atoms with Crippen LogP contribution in [0.25, 0.3) is 0 Å². The van der Waals surface area contributed by atoms with Gasteiger partial charge in [-0.2, -0.15) is 0 Å². The molecule has 2 aromatic rings. The number of benzene rings is 2. The van der Waals surface area contributed by atoms with Gasteiger partial charge >= 0.3 is 0 Å². The number of ether oxygens (including phenoxy) is 1. The van der Waals surface area contributed by atoms with E-state index in [0.717, 1.165) is 4.47 Å². The van der Waals surface area contributed by atoms with Crippen LogP contribution in [0, 0.1) is 0 Å². The molecule has 104 valence electrons. The van der Waals surface area contributed by atoms with E-state index in [1.54, 1.807) is 18.2 Å². The summed E-state index contributed by atoms with van der Waals surface area (Å²) in [5.74, 6) is 0.876. The second kappa shape index (κ2) is 6.43. The van der Waals surface area contributed by atoms with Crippen molar-refractivity contribution < 1.29 is 9.53 Å². The highest BCUT2D eigenvalue weighted by Crippen LogP contribution is 2.32. The molecule has 0 aromatic heterocycles. The van der Waals surface area contributed by atoms with Gasteiger partial charge in [-0.05, 0) is 47.1 Å². The Kier molecular flexibility index (Phi) is 4.63. The van der Waals surface area contributed by atoms with Gasteiger partial charge in [0.15, 0.2) is 0 Å². The van der Waals surface area contributed by atoms with Crippen molar-refractivity contribution in [3.63, 3.8) is 0 Å². The molecule has 1 amide bonds. The highest BCUT2D eigenvalue weighted by atomic mass is 79.9. The third-order valence-corrected chi connectivity index (χ3v) is 3.30. The lowest BCUT2D eigenvalue weighted by molar-refractivity contribution is 0.0953. The third kappa shape index (κ3) is 3.30. The van der Waals surface area contributed by atoms with Crippen molar-refractivity contribution in [1.82, 2.24) is 5.32 Å². The van der Waals surface area contributed by atoms with Crippen LogP contribution in [0.1, 0.15) is 17.3 Å². The zero-order valence-electron chi connectivity index (χ0n) is 11.0. The van der Waals surface area contributed by atoms with Gasteiger partial charge in [0.05, 0.1) is 10.0 Å². The number of halogens is 1. The summed E-state index contributed by atoms with van der Waals surface area (Å²) in [6.45, 7) is 2.42. The first kappa shape index (κ1) is 14.4. The largest absolute Gasteiger partial charge is 0.455 e. The van der Waals surface area contributed by atoms with Crippen LogP contribution in [0.4, 0.5) is 5.69 Å². The molecule has 0 bridgehead atoms. The number of nitrogen functional groups attached to an aromatic ring is 1. The zero-order chi connectivity index (χ0) is 14.5. The number of amides is 1. The minimum atomic E-state index is -0.186. The Morgan fingerprint density at radius 3 is 2.70 bits per heavy atom. The minimum absolute atomic E-state index is 0.186. The summed E-state index contributed by atoms with van der Waals surface area (Å²) in [6, 6.07) is 12.4. The van der Waals surface area contributed by atoms with Crippen LogP contribution in [0.15, 0.2) is 46.9 Å². The molecule has 0 spiro atoms. The summed E-state index contributed by atoms with van der Waals surface area (Å²) >= 11 is 3.41. The molecule has 3 N–H and O–H groups in total. The van der Waals surface area contributed by atoms with Gasteiger partial charge in [-0.3, -0.25) is 4.79 Å². The molecule has 0 fully saturated rings. The van der Waals surface area contributed by atoms with E-state index in [9.17, 15) is 4.79 Å². The van der Waals surface area contributed by atoms with Crippen LogP contribution in [0.5, 0.6) is 11.5 Å². The fourth-order valence-electron chi connectivity index (χ4n) is 1.71. The molecule has 0 atom stereocenters. The van der Waals surface area contributed by atoms with Gasteiger partial charge in [0, 0.05) is 18.3 Å². The number of anilines is 1. The third-order valence-electron chi connectivity index (χ3n) is 2.64. The average molecular weight is 335 g/mol. The first-order valence-corrected chi connectivity index (χ1v) is 7.01. The molecule has 0 radical (unpaired) electrons. The first-order chi connectivity index (χ1) is 9.61. The van der Waals surface area contributed by atoms with Gasteiger partial charge in [-0.15, -0.1) is 0 Å². The molecule has 0 heterocycles. The molecule has 0 aliphatic carbocycles. The Balaban J connectivity index is 2.37. The number of nitrogens with one attached hydrogen (secondary N) is 1. The molecule has 0 unspecified atom stereocenters. The molecular formula is C15H15BrN2O2. The van der Waals surface area contributed by atoms with E-state index in [-0.39, 0.29) is 5.91 Å². The zero-order valence-corrected chi connectivity index (χ0v) is 12.6. The maximum absolute atomic E-state index is 12.0. The van der Waals surface area contributed by atoms with Crippen LogP contribution in [0.2, 0.25) is 0 Å². The molecule has 20 heavy (non-hydrogen) atoms. The molecule has 2 aromatic carbocycles. The standard InChI is InChI=1S/C15H15BrN2O2/c1-2-18-15(19)11-8-7-10(17)9-14(11)20-13-6-4-3-5-12(13)16/h3-9H,2,17H2,1H3,(H,18,19). The fraction of sp³-hybridized carbons (Fsp3) is 0.133. The normalized spacial score (nSPS) is 10.1. The molecule has 0 saturated heterocycles. The SMILES string of the molecule is CCNC(=O)c1ccc(N)cc1Oc1ccccc1Br. The Bertz CT molecular complexity index is 629. The van der Waals surface area contributed by atoms with Crippen molar-refractivity contribution in [3.05, 3.63) is 52.5 Å². The van der Waals surface area contributed by atoms with E-state index >= 15 is 0 Å². The molecule has 2 rings (SSSR count). The highest BCUT2D eigenvalue weighted by molar-refractivity contribution is 9.10. The molecule has 0 aliphatic rings. The van der Waals surface area contributed by atoms with E-state index in [2.05, 4.69) is 21.2 Å². The van der Waals surface area contributed by atoms with Gasteiger partial charge in [0.1, 0.15) is 11.5 Å². The van der Waals surface area contributed by atoms with Crippen molar-refractivity contribution in [2.24, 2.45) is 0 Å². The Morgan fingerprint density at radius 2 is 2.00 bits per heavy atom. The maximum Gasteiger partial charge on any atom is 0.255 e. The lowest BCUT2D eigenvalue weighted by atomic mass is 10.1. The second-order valence-electron chi connectivity index (χ2n) is 4.15. The predicted octanol–water partition coefficient (Wildman–Crippen LogP) is 3.57. The van der Waals surface area contributed by atoms with Gasteiger partial charge in [0.2, 0.25) is 0 Å². The fourth-order valence-corrected chi connectivity index (χ4v) is 2.08. The Hall–Kier alpha value is -2.01. The number of rotatable bonds is 4. The number of carbonyl (C=O) groups excluding carboxylic acids is 1. The number of hydrogen-bond donors (Lipinski definition) is 2. The molecule has 0 saturated carbocycles. The summed E-state index contributed by atoms with van der Waals surface area (Å²) in [5, 5.41) is 2.75. The van der Waals surface area contributed by atoms with Crippen LogP contribution in [-0.4, -0.2) is 12.5 Å². The van der Waals surface area contributed by atoms with Crippen LogP contribution in [0.3, 0.4) is 0 Å². The predicted molar refractivity (Wildman–Crippen MR) is 83.1 cm³/mol. The van der Waals surface area contributed by atoms with Crippen molar-refractivity contribution in [2.45, 2.75) is 6.92 Å². The summed E-state index contributed by atoms with van der Waals surface area (Å²) in [5.41, 5.74) is 6.77. The second-order valence-corrected chi connectivity index (χ2v) is 5.00. The Labute approximate surface area is 126 Å². The van der Waals surface area contributed by atoms with Crippen molar-refractivity contribution in [1.29, 1.82) is 0 Å². The lowest BCUT2D eigenvalue weighted by Gasteiger charge is -2.12. The van der Waals surface area contributed by atoms with Gasteiger partial charge in [-0.1, -0.05) is 12.1 Å². The van der Waals surface area contributed by atoms with Crippen LogP contribution < -0.4 is 15.8 Å². The monoisotopic (exact) mass is 334 g/mol. The summed E-state index contributed by atoms with van der Waals surface area (Å²) in [7, 11) is 0. The average Bonchev–Trinajstić information content (AvgIpc) is 2.42. The smallest absolute Gasteiger partial charge is 0.255 e. The Morgan fingerprint density at radius 1 is 1.25 bits per heavy atom. The number of hydrogen-bond acceptors (Lipinski definition) is 3. The van der Waals surface area contributed by atoms with Crippen molar-refractivity contribution in [3.8, 4) is 11.5 Å². The number of para-hydroxylation sites is 1. The molecular weight excluding hydrogens is 320 g/mol. The van der Waals surface area contributed by atoms with Crippen molar-refractivity contribution in [2.75, 3.05) is 12.3 Å². The minimum Gasteiger partial charge on any atom is -0.455 e. The van der Waals surface area contributed by atoms with E-state index in [0.29, 0.717) is 29.3 Å². The van der Waals surface area contributed by atoms with Gasteiger partial charge < -0.3 is 15.8 Å². The van der Waals surface area contributed by atoms with Crippen LogP contribution in [-0.2, 0) is 0 Å². The highest BCUT2D eigenvalue weighted by Gasteiger charge is 2.14. The molecule has 4 nitrogen and oxygen atoms in total. The number of carbonyl (C=O) groups is 1. The van der Waals surface area contributed by atoms with Crippen LogP contribution >= 0.6 is 15.9 Å². The lowest BCUT2D eigenvalue weighted by Crippen LogP contribution is -2.23. The maximum atomic E-state index is 12.0. The molecule has 0 aliphatic heterocycles. The van der Waals surface area contributed by atoms with E-state index in [4.69, 9.17) is 10.5 Å². The van der Waals surface area contributed by atoms with Crippen molar-refractivity contribution >= 4 is 27.5 Å². The quantitative estimate of drug-likeness (QED) is 0.840. The van der Waals surface area contributed by atoms with E-state index < -0.39 is 0 Å². The summed E-state index contributed by atoms with van der Waals surface area (Å²) < 4.78 is 6.61. The summed E-state index contributed by atoms with van der Waals surface area (Å²) in [6.07, 6.45) is 0. The first-order valence-electron chi connectivity index (χ1n) is 6.22.